The molecular weight excluding hydrogens is 190 g/mol. The molecule has 0 aliphatic carbocycles. The molecule has 0 fully saturated rings. The quantitative estimate of drug-likeness (QED) is 0.812. The molecule has 1 aromatic carbocycles. The number of aromatic nitrogens is 1. The van der Waals surface area contributed by atoms with E-state index in [0.29, 0.717) is 5.75 Å². The largest absolute Gasteiger partial charge is 0.495 e. The van der Waals surface area contributed by atoms with Crippen molar-refractivity contribution in [2.24, 2.45) is 0 Å². The van der Waals surface area contributed by atoms with Crippen LogP contribution < -0.4 is 10.3 Å². The first-order valence-electron chi connectivity index (χ1n) is 4.95. The Morgan fingerprint density at radius 1 is 1.27 bits per heavy atom. The fraction of sp³-hybridized carbons (Fsp3) is 0.250. The van der Waals surface area contributed by atoms with Crippen LogP contribution in [0.25, 0.3) is 10.9 Å². The van der Waals surface area contributed by atoms with E-state index in [-0.39, 0.29) is 5.56 Å². The van der Waals surface area contributed by atoms with E-state index in [2.05, 4.69) is 11.9 Å². The van der Waals surface area contributed by atoms with E-state index in [4.69, 9.17) is 4.74 Å². The fourth-order valence-electron chi connectivity index (χ4n) is 1.76. The number of benzene rings is 1. The van der Waals surface area contributed by atoms with Gasteiger partial charge in [0.15, 0.2) is 0 Å². The molecule has 0 radical (unpaired) electrons. The van der Waals surface area contributed by atoms with E-state index in [1.807, 2.05) is 18.2 Å². The van der Waals surface area contributed by atoms with Gasteiger partial charge in [-0.3, -0.25) is 4.79 Å². The molecule has 0 aliphatic rings. The van der Waals surface area contributed by atoms with Crippen molar-refractivity contribution in [3.8, 4) is 5.75 Å². The minimum absolute atomic E-state index is 0.103. The minimum atomic E-state index is -0.103. The molecule has 2 rings (SSSR count). The van der Waals surface area contributed by atoms with Crippen molar-refractivity contribution >= 4 is 10.9 Å². The molecule has 2 aromatic rings. The minimum Gasteiger partial charge on any atom is -0.495 e. The van der Waals surface area contributed by atoms with Gasteiger partial charge in [0.25, 0.3) is 0 Å². The summed E-state index contributed by atoms with van der Waals surface area (Å²) in [5.74, 6) is 0.708. The standard InChI is InChI=1S/C12H13NO2/c1-3-8-4-6-10(15-2)12-9(8)5-7-11(14)13-12/h4-7H,3H2,1-2H3,(H,13,14). The number of pyridine rings is 1. The van der Waals surface area contributed by atoms with E-state index in [1.165, 1.54) is 5.56 Å². The molecule has 0 bridgehead atoms. The molecule has 0 spiro atoms. The summed E-state index contributed by atoms with van der Waals surface area (Å²) in [7, 11) is 1.60. The first-order valence-corrected chi connectivity index (χ1v) is 4.95. The Balaban J connectivity index is 2.86. The monoisotopic (exact) mass is 203 g/mol. The van der Waals surface area contributed by atoms with Gasteiger partial charge in [0, 0.05) is 11.5 Å². The van der Waals surface area contributed by atoms with E-state index in [0.717, 1.165) is 17.3 Å². The van der Waals surface area contributed by atoms with Crippen LogP contribution in [-0.2, 0) is 6.42 Å². The van der Waals surface area contributed by atoms with Gasteiger partial charge in [-0.25, -0.2) is 0 Å². The summed E-state index contributed by atoms with van der Waals surface area (Å²) in [5, 5.41) is 1.05. The second kappa shape index (κ2) is 3.77. The van der Waals surface area contributed by atoms with Crippen molar-refractivity contribution in [2.45, 2.75) is 13.3 Å². The highest BCUT2D eigenvalue weighted by molar-refractivity contribution is 5.87. The summed E-state index contributed by atoms with van der Waals surface area (Å²) in [6, 6.07) is 7.30. The summed E-state index contributed by atoms with van der Waals surface area (Å²) >= 11 is 0. The molecule has 1 N–H and O–H groups in total. The Morgan fingerprint density at radius 2 is 2.07 bits per heavy atom. The Bertz CT molecular complexity index is 543. The third-order valence-corrected chi connectivity index (χ3v) is 2.55. The van der Waals surface area contributed by atoms with Crippen LogP contribution in [0.1, 0.15) is 12.5 Å². The van der Waals surface area contributed by atoms with Crippen LogP contribution in [0, 0.1) is 0 Å². The third-order valence-electron chi connectivity index (χ3n) is 2.55. The van der Waals surface area contributed by atoms with Crippen molar-refractivity contribution in [1.29, 1.82) is 0 Å². The Kier molecular flexibility index (Phi) is 2.46. The number of aromatic amines is 1. The van der Waals surface area contributed by atoms with Crippen molar-refractivity contribution in [1.82, 2.24) is 4.98 Å². The summed E-state index contributed by atoms with van der Waals surface area (Å²) in [4.78, 5) is 14.0. The number of hydrogen-bond acceptors (Lipinski definition) is 2. The highest BCUT2D eigenvalue weighted by Gasteiger charge is 2.05. The number of aryl methyl sites for hydroxylation is 1. The van der Waals surface area contributed by atoms with Gasteiger partial charge < -0.3 is 9.72 Å². The first kappa shape index (κ1) is 9.77. The van der Waals surface area contributed by atoms with Crippen LogP contribution in [0.4, 0.5) is 0 Å². The molecule has 0 amide bonds. The van der Waals surface area contributed by atoms with Crippen molar-refractivity contribution < 1.29 is 4.74 Å². The lowest BCUT2D eigenvalue weighted by Gasteiger charge is -2.08. The first-order chi connectivity index (χ1) is 7.26. The van der Waals surface area contributed by atoms with Gasteiger partial charge in [0.1, 0.15) is 5.75 Å². The number of H-pyrrole nitrogens is 1. The third kappa shape index (κ3) is 1.61. The predicted octanol–water partition coefficient (Wildman–Crippen LogP) is 2.10. The van der Waals surface area contributed by atoms with E-state index < -0.39 is 0 Å². The second-order valence-electron chi connectivity index (χ2n) is 3.39. The topological polar surface area (TPSA) is 42.1 Å². The number of nitrogens with one attached hydrogen (secondary N) is 1. The Hall–Kier alpha value is -1.77. The zero-order valence-corrected chi connectivity index (χ0v) is 8.83. The SMILES string of the molecule is CCc1ccc(OC)c2[nH]c(=O)ccc12. The molecule has 0 aliphatic heterocycles. The van der Waals surface area contributed by atoms with Gasteiger partial charge in [0.05, 0.1) is 12.6 Å². The average molecular weight is 203 g/mol. The van der Waals surface area contributed by atoms with Crippen LogP contribution in [0.15, 0.2) is 29.1 Å². The molecular formula is C12H13NO2. The van der Waals surface area contributed by atoms with Crippen LogP contribution >= 0.6 is 0 Å². The lowest BCUT2D eigenvalue weighted by atomic mass is 10.1. The maximum absolute atomic E-state index is 11.2. The van der Waals surface area contributed by atoms with Gasteiger partial charge in [0.2, 0.25) is 5.56 Å². The van der Waals surface area contributed by atoms with E-state index >= 15 is 0 Å². The van der Waals surface area contributed by atoms with Gasteiger partial charge in [-0.1, -0.05) is 13.0 Å². The fourth-order valence-corrected chi connectivity index (χ4v) is 1.76. The highest BCUT2D eigenvalue weighted by Crippen LogP contribution is 2.25. The molecule has 3 nitrogen and oxygen atoms in total. The summed E-state index contributed by atoms with van der Waals surface area (Å²) < 4.78 is 5.21. The zero-order valence-electron chi connectivity index (χ0n) is 8.83. The van der Waals surface area contributed by atoms with E-state index in [1.54, 1.807) is 13.2 Å². The van der Waals surface area contributed by atoms with Crippen LogP contribution in [0.5, 0.6) is 5.75 Å². The lowest BCUT2D eigenvalue weighted by Crippen LogP contribution is -2.04. The predicted molar refractivity (Wildman–Crippen MR) is 60.5 cm³/mol. The molecule has 1 aromatic heterocycles. The van der Waals surface area contributed by atoms with Crippen molar-refractivity contribution in [3.05, 3.63) is 40.2 Å². The van der Waals surface area contributed by atoms with Gasteiger partial charge in [-0.2, -0.15) is 0 Å². The molecule has 0 atom stereocenters. The van der Waals surface area contributed by atoms with Gasteiger partial charge >= 0.3 is 0 Å². The number of fused-ring (bicyclic) bond motifs is 1. The van der Waals surface area contributed by atoms with Crippen molar-refractivity contribution in [2.75, 3.05) is 7.11 Å². The molecule has 1 heterocycles. The smallest absolute Gasteiger partial charge is 0.248 e. The normalized spacial score (nSPS) is 10.5. The van der Waals surface area contributed by atoms with Crippen molar-refractivity contribution in [3.63, 3.8) is 0 Å². The maximum atomic E-state index is 11.2. The molecule has 78 valence electrons. The zero-order chi connectivity index (χ0) is 10.8. The number of methoxy groups -OCH3 is 1. The summed E-state index contributed by atoms with van der Waals surface area (Å²) in [5.41, 5.74) is 1.89. The van der Waals surface area contributed by atoms with Crippen LogP contribution in [0.2, 0.25) is 0 Å². The Labute approximate surface area is 87.7 Å². The Morgan fingerprint density at radius 3 is 2.73 bits per heavy atom. The van der Waals surface area contributed by atoms with Crippen LogP contribution in [-0.4, -0.2) is 12.1 Å². The maximum Gasteiger partial charge on any atom is 0.248 e. The molecule has 3 heteroatoms. The molecule has 0 saturated heterocycles. The average Bonchev–Trinajstić information content (AvgIpc) is 2.27. The second-order valence-corrected chi connectivity index (χ2v) is 3.39. The summed E-state index contributed by atoms with van der Waals surface area (Å²) in [6.45, 7) is 2.09. The van der Waals surface area contributed by atoms with Crippen LogP contribution in [0.3, 0.4) is 0 Å². The number of ether oxygens (including phenoxy) is 1. The van der Waals surface area contributed by atoms with E-state index in [9.17, 15) is 4.79 Å². The van der Waals surface area contributed by atoms with Gasteiger partial charge in [-0.05, 0) is 24.1 Å². The highest BCUT2D eigenvalue weighted by atomic mass is 16.5. The lowest BCUT2D eigenvalue weighted by molar-refractivity contribution is 0.418. The summed E-state index contributed by atoms with van der Waals surface area (Å²) in [6.07, 6.45) is 0.937. The number of rotatable bonds is 2. The molecule has 0 saturated carbocycles. The molecule has 0 unspecified atom stereocenters. The number of hydrogen-bond donors (Lipinski definition) is 1. The van der Waals surface area contributed by atoms with Gasteiger partial charge in [-0.15, -0.1) is 0 Å². The molecule has 15 heavy (non-hydrogen) atoms.